The molecule has 5 rings (SSSR count). The van der Waals surface area contributed by atoms with E-state index in [-0.39, 0.29) is 17.6 Å². The fourth-order valence-electron chi connectivity index (χ4n) is 3.99. The Hall–Kier alpha value is -3.46. The van der Waals surface area contributed by atoms with E-state index in [4.69, 9.17) is 13.9 Å². The predicted octanol–water partition coefficient (Wildman–Crippen LogP) is 4.31. The molecule has 0 bridgehead atoms. The smallest absolute Gasteiger partial charge is 0.200 e. The van der Waals surface area contributed by atoms with E-state index in [0.29, 0.717) is 35.5 Å². The molecular weight excluding hydrogens is 440 g/mol. The van der Waals surface area contributed by atoms with Gasteiger partial charge in [-0.05, 0) is 44.2 Å². The van der Waals surface area contributed by atoms with Gasteiger partial charge in [0.15, 0.2) is 40.1 Å². The highest BCUT2D eigenvalue weighted by Crippen LogP contribution is 2.32. The monoisotopic (exact) mass is 464 g/mol. The summed E-state index contributed by atoms with van der Waals surface area (Å²) < 4.78 is 21.3. The van der Waals surface area contributed by atoms with Gasteiger partial charge < -0.3 is 23.0 Å². The van der Waals surface area contributed by atoms with Crippen molar-refractivity contribution in [2.45, 2.75) is 31.7 Å². The summed E-state index contributed by atoms with van der Waals surface area (Å²) in [5.41, 5.74) is 2.66. The lowest BCUT2D eigenvalue weighted by atomic mass is 10.2. The zero-order chi connectivity index (χ0) is 22.9. The van der Waals surface area contributed by atoms with Crippen molar-refractivity contribution >= 4 is 17.5 Å². The molecule has 0 aliphatic carbocycles. The number of benzene rings is 1. The molecule has 1 aliphatic rings. The SMILES string of the molecule is Cc1cc(C(=O)CSc2nnc(-c3ccco3)n2C)c(C)n1C[C@@H]1COc2ccccc2O1. The number of nitrogens with zero attached hydrogens (tertiary/aromatic N) is 4. The zero-order valence-corrected chi connectivity index (χ0v) is 19.5. The number of ether oxygens (including phenoxy) is 2. The number of carbonyl (C=O) groups excluding carboxylic acids is 1. The summed E-state index contributed by atoms with van der Waals surface area (Å²) in [6.07, 6.45) is 1.47. The van der Waals surface area contributed by atoms with Gasteiger partial charge in [-0.25, -0.2) is 0 Å². The fraction of sp³-hybridized carbons (Fsp3) is 0.292. The van der Waals surface area contributed by atoms with Crippen molar-refractivity contribution in [3.8, 4) is 23.1 Å². The van der Waals surface area contributed by atoms with Gasteiger partial charge in [0.2, 0.25) is 0 Å². The van der Waals surface area contributed by atoms with Crippen LogP contribution in [0.4, 0.5) is 0 Å². The molecule has 3 aromatic heterocycles. The molecule has 0 amide bonds. The van der Waals surface area contributed by atoms with Crippen molar-refractivity contribution in [2.24, 2.45) is 7.05 Å². The number of furan rings is 1. The maximum atomic E-state index is 13.0. The number of para-hydroxylation sites is 2. The number of carbonyl (C=O) groups is 1. The number of hydrogen-bond acceptors (Lipinski definition) is 7. The van der Waals surface area contributed by atoms with E-state index in [1.54, 1.807) is 12.3 Å². The highest BCUT2D eigenvalue weighted by Gasteiger charge is 2.24. The topological polar surface area (TPSA) is 84.3 Å². The molecule has 4 heterocycles. The van der Waals surface area contributed by atoms with E-state index in [1.807, 2.05) is 61.9 Å². The van der Waals surface area contributed by atoms with Crippen LogP contribution in [0.3, 0.4) is 0 Å². The molecule has 0 unspecified atom stereocenters. The van der Waals surface area contributed by atoms with Gasteiger partial charge >= 0.3 is 0 Å². The summed E-state index contributed by atoms with van der Waals surface area (Å²) in [5, 5.41) is 9.05. The van der Waals surface area contributed by atoms with Crippen molar-refractivity contribution in [3.05, 3.63) is 65.7 Å². The third-order valence-electron chi connectivity index (χ3n) is 5.74. The van der Waals surface area contributed by atoms with Gasteiger partial charge in [-0.3, -0.25) is 4.79 Å². The van der Waals surface area contributed by atoms with Gasteiger partial charge in [-0.2, -0.15) is 0 Å². The van der Waals surface area contributed by atoms with E-state index in [9.17, 15) is 4.79 Å². The normalized spacial score (nSPS) is 15.1. The quantitative estimate of drug-likeness (QED) is 0.298. The Morgan fingerprint density at radius 2 is 1.97 bits per heavy atom. The standard InChI is InChI=1S/C24H24N4O4S/c1-15-11-18(16(2)28(15)12-17-13-31-20-7-4-5-8-21(20)32-17)19(29)14-33-24-26-25-23(27(24)3)22-9-6-10-30-22/h4-11,17H,12-14H2,1-3H3/t17-/m1/s1. The van der Waals surface area contributed by atoms with Gasteiger partial charge in [-0.15, -0.1) is 10.2 Å². The third kappa shape index (κ3) is 4.16. The summed E-state index contributed by atoms with van der Waals surface area (Å²) in [6, 6.07) is 13.3. The second kappa shape index (κ2) is 8.82. The number of hydrogen-bond donors (Lipinski definition) is 0. The Labute approximate surface area is 195 Å². The Balaban J connectivity index is 1.26. The second-order valence-electron chi connectivity index (χ2n) is 7.95. The summed E-state index contributed by atoms with van der Waals surface area (Å²) in [4.78, 5) is 13.0. The summed E-state index contributed by atoms with van der Waals surface area (Å²) in [5.74, 6) is 3.11. The van der Waals surface area contributed by atoms with Crippen LogP contribution in [0.15, 0.2) is 58.3 Å². The summed E-state index contributed by atoms with van der Waals surface area (Å²) in [7, 11) is 1.86. The van der Waals surface area contributed by atoms with Crippen LogP contribution in [0.25, 0.3) is 11.6 Å². The first-order valence-electron chi connectivity index (χ1n) is 10.7. The zero-order valence-electron chi connectivity index (χ0n) is 18.6. The minimum Gasteiger partial charge on any atom is -0.486 e. The average Bonchev–Trinajstić information content (AvgIpc) is 3.54. The number of Topliss-reactive ketones (excluding diaryl/α,β-unsaturated/α-hetero) is 1. The first kappa shape index (κ1) is 21.4. The summed E-state index contributed by atoms with van der Waals surface area (Å²) in [6.45, 7) is 5.06. The van der Waals surface area contributed by atoms with Crippen molar-refractivity contribution < 1.29 is 18.7 Å². The second-order valence-corrected chi connectivity index (χ2v) is 8.89. The molecule has 9 heteroatoms. The molecule has 8 nitrogen and oxygen atoms in total. The number of fused-ring (bicyclic) bond motifs is 1. The van der Waals surface area contributed by atoms with E-state index in [2.05, 4.69) is 14.8 Å². The van der Waals surface area contributed by atoms with Crippen LogP contribution in [0, 0.1) is 13.8 Å². The number of rotatable bonds is 7. The Bertz CT molecular complexity index is 1290. The molecule has 0 spiro atoms. The van der Waals surface area contributed by atoms with Crippen LogP contribution in [-0.4, -0.2) is 43.6 Å². The predicted molar refractivity (Wildman–Crippen MR) is 124 cm³/mol. The minimum absolute atomic E-state index is 0.0491. The molecule has 1 aromatic carbocycles. The largest absolute Gasteiger partial charge is 0.486 e. The molecule has 0 saturated heterocycles. The lowest BCUT2D eigenvalue weighted by Crippen LogP contribution is -2.33. The van der Waals surface area contributed by atoms with E-state index in [0.717, 1.165) is 22.9 Å². The van der Waals surface area contributed by atoms with Crippen molar-refractivity contribution in [1.82, 2.24) is 19.3 Å². The van der Waals surface area contributed by atoms with Crippen LogP contribution in [0.1, 0.15) is 21.7 Å². The fourth-order valence-corrected chi connectivity index (χ4v) is 4.78. The van der Waals surface area contributed by atoms with Gasteiger partial charge in [0.1, 0.15) is 6.61 Å². The number of ketones is 1. The van der Waals surface area contributed by atoms with Crippen LogP contribution in [0.2, 0.25) is 0 Å². The first-order valence-corrected chi connectivity index (χ1v) is 11.6. The lowest BCUT2D eigenvalue weighted by molar-refractivity contribution is 0.0777. The van der Waals surface area contributed by atoms with E-state index < -0.39 is 0 Å². The maximum absolute atomic E-state index is 13.0. The van der Waals surface area contributed by atoms with E-state index >= 15 is 0 Å². The van der Waals surface area contributed by atoms with Crippen molar-refractivity contribution in [3.63, 3.8) is 0 Å². The van der Waals surface area contributed by atoms with Gasteiger partial charge in [0.25, 0.3) is 0 Å². The highest BCUT2D eigenvalue weighted by molar-refractivity contribution is 7.99. The Morgan fingerprint density at radius 1 is 1.15 bits per heavy atom. The molecule has 0 radical (unpaired) electrons. The molecule has 4 aromatic rings. The molecule has 0 fully saturated rings. The third-order valence-corrected chi connectivity index (χ3v) is 6.76. The summed E-state index contributed by atoms with van der Waals surface area (Å²) >= 11 is 1.36. The molecule has 1 aliphatic heterocycles. The molecule has 1 atom stereocenters. The number of thioether (sulfide) groups is 1. The van der Waals surface area contributed by atoms with Crippen molar-refractivity contribution in [2.75, 3.05) is 12.4 Å². The molecular formula is C24H24N4O4S. The van der Waals surface area contributed by atoms with Gasteiger partial charge in [0.05, 0.1) is 18.6 Å². The molecule has 170 valence electrons. The number of aryl methyl sites for hydroxylation is 1. The van der Waals surface area contributed by atoms with Gasteiger partial charge in [-0.1, -0.05) is 23.9 Å². The van der Waals surface area contributed by atoms with Crippen LogP contribution < -0.4 is 9.47 Å². The maximum Gasteiger partial charge on any atom is 0.200 e. The molecule has 0 saturated carbocycles. The molecule has 0 N–H and O–H groups in total. The Kier molecular flexibility index (Phi) is 5.72. The number of aromatic nitrogens is 4. The lowest BCUT2D eigenvalue weighted by Gasteiger charge is -2.27. The Morgan fingerprint density at radius 3 is 2.76 bits per heavy atom. The van der Waals surface area contributed by atoms with E-state index in [1.165, 1.54) is 11.8 Å². The van der Waals surface area contributed by atoms with Gasteiger partial charge in [0, 0.05) is 24.0 Å². The van der Waals surface area contributed by atoms with Crippen LogP contribution >= 0.6 is 11.8 Å². The first-order chi connectivity index (χ1) is 16.0. The average molecular weight is 465 g/mol. The minimum atomic E-state index is -0.124. The van der Waals surface area contributed by atoms with Crippen molar-refractivity contribution in [1.29, 1.82) is 0 Å². The molecule has 33 heavy (non-hydrogen) atoms. The van der Waals surface area contributed by atoms with Crippen LogP contribution in [0.5, 0.6) is 11.5 Å². The van der Waals surface area contributed by atoms with Crippen LogP contribution in [-0.2, 0) is 13.6 Å². The highest BCUT2D eigenvalue weighted by atomic mass is 32.2.